The van der Waals surface area contributed by atoms with E-state index in [-0.39, 0.29) is 12.2 Å². The smallest absolute Gasteiger partial charge is 0.164 e. The maximum Gasteiger partial charge on any atom is 0.164 e. The summed E-state index contributed by atoms with van der Waals surface area (Å²) in [5, 5.41) is 0.433. The van der Waals surface area contributed by atoms with E-state index in [4.69, 9.17) is 22.1 Å². The van der Waals surface area contributed by atoms with E-state index in [9.17, 15) is 4.79 Å². The number of ketones is 1. The molecule has 0 radical (unpaired) electrons. The lowest BCUT2D eigenvalue weighted by Gasteiger charge is -2.17. The van der Waals surface area contributed by atoms with E-state index in [1.165, 1.54) is 7.11 Å². The molecule has 0 unspecified atom stereocenters. The van der Waals surface area contributed by atoms with Crippen LogP contribution in [-0.4, -0.2) is 18.4 Å². The molecule has 0 fully saturated rings. The number of halogens is 1. The molecule has 16 heavy (non-hydrogen) atoms. The van der Waals surface area contributed by atoms with Crippen LogP contribution < -0.4 is 10.5 Å². The molecule has 0 saturated heterocycles. The molecule has 4 heteroatoms. The molecule has 0 bridgehead atoms. The van der Waals surface area contributed by atoms with E-state index in [0.717, 1.165) is 0 Å². The zero-order chi connectivity index (χ0) is 12.3. The standard InChI is InChI=1S/C12H16ClNO2/c1-12(2,14)7-10(15)8-4-5-11(16-3)9(13)6-8/h4-6H,7,14H2,1-3H3. The average molecular weight is 242 g/mol. The summed E-state index contributed by atoms with van der Waals surface area (Å²) in [4.78, 5) is 11.8. The first-order valence-electron chi connectivity index (χ1n) is 4.99. The van der Waals surface area contributed by atoms with E-state index in [2.05, 4.69) is 0 Å². The Balaban J connectivity index is 2.89. The molecule has 0 heterocycles. The van der Waals surface area contributed by atoms with Crippen LogP contribution in [0, 0.1) is 0 Å². The van der Waals surface area contributed by atoms with Crippen molar-refractivity contribution in [3.8, 4) is 5.75 Å². The van der Waals surface area contributed by atoms with Crippen LogP contribution in [0.25, 0.3) is 0 Å². The normalized spacial score (nSPS) is 11.3. The number of hydrogen-bond donors (Lipinski definition) is 1. The molecule has 3 nitrogen and oxygen atoms in total. The van der Waals surface area contributed by atoms with Crippen molar-refractivity contribution in [1.82, 2.24) is 0 Å². The van der Waals surface area contributed by atoms with Crippen LogP contribution >= 0.6 is 11.6 Å². The van der Waals surface area contributed by atoms with Crippen LogP contribution in [0.5, 0.6) is 5.75 Å². The van der Waals surface area contributed by atoms with Crippen LogP contribution in [0.4, 0.5) is 0 Å². The fraction of sp³-hybridized carbons (Fsp3) is 0.417. The Labute approximate surface area is 101 Å². The van der Waals surface area contributed by atoms with Crippen LogP contribution in [0.2, 0.25) is 5.02 Å². The van der Waals surface area contributed by atoms with Gasteiger partial charge in [-0.2, -0.15) is 0 Å². The number of nitrogens with two attached hydrogens (primary N) is 1. The number of carbonyl (C=O) groups is 1. The molecule has 0 saturated carbocycles. The number of carbonyl (C=O) groups excluding carboxylic acids is 1. The van der Waals surface area contributed by atoms with Gasteiger partial charge in [-0.3, -0.25) is 4.79 Å². The Hall–Kier alpha value is -1.06. The summed E-state index contributed by atoms with van der Waals surface area (Å²) in [5.41, 5.74) is 5.84. The van der Waals surface area contributed by atoms with Gasteiger partial charge in [-0.05, 0) is 32.0 Å². The molecule has 0 aliphatic heterocycles. The maximum absolute atomic E-state index is 11.8. The zero-order valence-electron chi connectivity index (χ0n) is 9.71. The molecule has 0 atom stereocenters. The Morgan fingerprint density at radius 2 is 2.12 bits per heavy atom. The van der Waals surface area contributed by atoms with Gasteiger partial charge in [0.15, 0.2) is 5.78 Å². The molecule has 88 valence electrons. The van der Waals surface area contributed by atoms with Gasteiger partial charge in [0, 0.05) is 17.5 Å². The summed E-state index contributed by atoms with van der Waals surface area (Å²) < 4.78 is 5.01. The fourth-order valence-corrected chi connectivity index (χ4v) is 1.61. The molecule has 0 amide bonds. The van der Waals surface area contributed by atoms with Crippen molar-refractivity contribution in [1.29, 1.82) is 0 Å². The number of ether oxygens (including phenoxy) is 1. The van der Waals surface area contributed by atoms with Crippen molar-refractivity contribution in [2.45, 2.75) is 25.8 Å². The molecule has 1 aromatic carbocycles. The summed E-state index contributed by atoms with van der Waals surface area (Å²) in [7, 11) is 1.53. The van der Waals surface area contributed by atoms with Gasteiger partial charge in [0.1, 0.15) is 5.75 Å². The second-order valence-corrected chi connectivity index (χ2v) is 4.85. The SMILES string of the molecule is COc1ccc(C(=O)CC(C)(C)N)cc1Cl. The first kappa shape index (κ1) is 13.0. The van der Waals surface area contributed by atoms with Crippen LogP contribution in [0.1, 0.15) is 30.6 Å². The van der Waals surface area contributed by atoms with Crippen molar-refractivity contribution in [3.63, 3.8) is 0 Å². The second-order valence-electron chi connectivity index (χ2n) is 4.44. The van der Waals surface area contributed by atoms with Gasteiger partial charge in [-0.25, -0.2) is 0 Å². The number of rotatable bonds is 4. The first-order valence-corrected chi connectivity index (χ1v) is 5.37. The van der Waals surface area contributed by atoms with Gasteiger partial charge in [0.2, 0.25) is 0 Å². The summed E-state index contributed by atoms with van der Waals surface area (Å²) in [6.45, 7) is 3.63. The predicted molar refractivity (Wildman–Crippen MR) is 65.2 cm³/mol. The van der Waals surface area contributed by atoms with E-state index in [0.29, 0.717) is 16.3 Å². The highest BCUT2D eigenvalue weighted by atomic mass is 35.5. The van der Waals surface area contributed by atoms with E-state index < -0.39 is 5.54 Å². The molecule has 0 spiro atoms. The van der Waals surface area contributed by atoms with Crippen molar-refractivity contribution < 1.29 is 9.53 Å². The fourth-order valence-electron chi connectivity index (χ4n) is 1.36. The molecule has 0 aliphatic rings. The quantitative estimate of drug-likeness (QED) is 0.825. The van der Waals surface area contributed by atoms with E-state index in [1.807, 2.05) is 13.8 Å². The summed E-state index contributed by atoms with van der Waals surface area (Å²) in [5.74, 6) is 0.544. The molecule has 1 aromatic rings. The average Bonchev–Trinajstić information content (AvgIpc) is 2.15. The van der Waals surface area contributed by atoms with Crippen molar-refractivity contribution in [2.24, 2.45) is 5.73 Å². The molecular weight excluding hydrogens is 226 g/mol. The Morgan fingerprint density at radius 3 is 2.56 bits per heavy atom. The molecule has 0 aliphatic carbocycles. The third kappa shape index (κ3) is 3.51. The lowest BCUT2D eigenvalue weighted by Crippen LogP contribution is -2.34. The first-order chi connectivity index (χ1) is 7.33. The summed E-state index contributed by atoms with van der Waals surface area (Å²) in [6, 6.07) is 4.98. The van der Waals surface area contributed by atoms with Crippen LogP contribution in [0.3, 0.4) is 0 Å². The van der Waals surface area contributed by atoms with Gasteiger partial charge in [0.25, 0.3) is 0 Å². The highest BCUT2D eigenvalue weighted by Crippen LogP contribution is 2.26. The molecule has 2 N–H and O–H groups in total. The number of methoxy groups -OCH3 is 1. The highest BCUT2D eigenvalue weighted by Gasteiger charge is 2.18. The lowest BCUT2D eigenvalue weighted by molar-refractivity contribution is 0.0960. The minimum absolute atomic E-state index is 0.0166. The monoisotopic (exact) mass is 241 g/mol. The molecular formula is C12H16ClNO2. The van der Waals surface area contributed by atoms with E-state index in [1.54, 1.807) is 18.2 Å². The van der Waals surface area contributed by atoms with Gasteiger partial charge < -0.3 is 10.5 Å². The Kier molecular flexibility index (Phi) is 3.94. The highest BCUT2D eigenvalue weighted by molar-refractivity contribution is 6.32. The van der Waals surface area contributed by atoms with Crippen LogP contribution in [0.15, 0.2) is 18.2 Å². The minimum atomic E-state index is -0.510. The van der Waals surface area contributed by atoms with Crippen LogP contribution in [-0.2, 0) is 0 Å². The Bertz CT molecular complexity index is 396. The number of hydrogen-bond acceptors (Lipinski definition) is 3. The van der Waals surface area contributed by atoms with Gasteiger partial charge in [-0.15, -0.1) is 0 Å². The summed E-state index contributed by atoms with van der Waals surface area (Å²) >= 11 is 5.94. The topological polar surface area (TPSA) is 52.3 Å². The van der Waals surface area contributed by atoms with Gasteiger partial charge >= 0.3 is 0 Å². The largest absolute Gasteiger partial charge is 0.495 e. The predicted octanol–water partition coefficient (Wildman–Crippen LogP) is 2.66. The zero-order valence-corrected chi connectivity index (χ0v) is 10.5. The molecule has 1 rings (SSSR count). The molecule has 0 aromatic heterocycles. The third-order valence-corrected chi connectivity index (χ3v) is 2.39. The van der Waals surface area contributed by atoms with Crippen molar-refractivity contribution >= 4 is 17.4 Å². The van der Waals surface area contributed by atoms with E-state index >= 15 is 0 Å². The number of Topliss-reactive ketones (excluding diaryl/α,β-unsaturated/α-hetero) is 1. The van der Waals surface area contributed by atoms with Gasteiger partial charge in [-0.1, -0.05) is 11.6 Å². The maximum atomic E-state index is 11.8. The minimum Gasteiger partial charge on any atom is -0.495 e. The van der Waals surface area contributed by atoms with Gasteiger partial charge in [0.05, 0.1) is 12.1 Å². The van der Waals surface area contributed by atoms with Crippen molar-refractivity contribution in [3.05, 3.63) is 28.8 Å². The lowest BCUT2D eigenvalue weighted by atomic mass is 9.95. The van der Waals surface area contributed by atoms with Crippen molar-refractivity contribution in [2.75, 3.05) is 7.11 Å². The number of benzene rings is 1. The Morgan fingerprint density at radius 1 is 1.50 bits per heavy atom. The summed E-state index contributed by atoms with van der Waals surface area (Å²) in [6.07, 6.45) is 0.287. The second kappa shape index (κ2) is 4.85. The third-order valence-electron chi connectivity index (χ3n) is 2.09.